The predicted molar refractivity (Wildman–Crippen MR) is 46.7 cm³/mol. The fourth-order valence-electron chi connectivity index (χ4n) is 1.45. The number of rotatable bonds is 3. The molecule has 1 saturated carbocycles. The van der Waals surface area contributed by atoms with Gasteiger partial charge in [0.25, 0.3) is 0 Å². The third kappa shape index (κ3) is 1.76. The summed E-state index contributed by atoms with van der Waals surface area (Å²) in [7, 11) is 1.29. The number of nitrogens with zero attached hydrogens (tertiary/aromatic N) is 2. The lowest BCUT2D eigenvalue weighted by molar-refractivity contribution is 0.0553. The van der Waals surface area contributed by atoms with Crippen molar-refractivity contribution in [3.05, 3.63) is 11.8 Å². The molecular formula is C9H12N2O3. The topological polar surface area (TPSA) is 65.2 Å². The standard InChI is InChI=1S/C9H12N2O3/c1-13-9(12)8-11-10-7(14-8)5-6-3-2-4-6/h6H,2-5H2,1H3. The summed E-state index contributed by atoms with van der Waals surface area (Å²) in [6.07, 6.45) is 4.50. The number of carbonyl (C=O) groups is 1. The number of aromatic nitrogens is 2. The Bertz CT molecular complexity index is 331. The maximum absolute atomic E-state index is 11.0. The highest BCUT2D eigenvalue weighted by atomic mass is 16.5. The molecule has 5 heteroatoms. The average molecular weight is 196 g/mol. The molecule has 0 spiro atoms. The van der Waals surface area contributed by atoms with Crippen molar-refractivity contribution in [2.75, 3.05) is 7.11 Å². The van der Waals surface area contributed by atoms with Crippen molar-refractivity contribution in [2.24, 2.45) is 5.92 Å². The van der Waals surface area contributed by atoms with E-state index in [0.29, 0.717) is 11.8 Å². The number of hydrogen-bond acceptors (Lipinski definition) is 5. The summed E-state index contributed by atoms with van der Waals surface area (Å²) in [5.41, 5.74) is 0. The second-order valence-corrected chi connectivity index (χ2v) is 3.49. The molecule has 0 amide bonds. The highest BCUT2D eigenvalue weighted by Crippen LogP contribution is 2.29. The van der Waals surface area contributed by atoms with Gasteiger partial charge in [-0.15, -0.1) is 10.2 Å². The maximum Gasteiger partial charge on any atom is 0.396 e. The van der Waals surface area contributed by atoms with Crippen LogP contribution in [-0.2, 0) is 11.2 Å². The van der Waals surface area contributed by atoms with Crippen molar-refractivity contribution in [3.63, 3.8) is 0 Å². The predicted octanol–water partition coefficient (Wildman–Crippen LogP) is 1.20. The lowest BCUT2D eigenvalue weighted by Crippen LogP contribution is -2.13. The molecule has 14 heavy (non-hydrogen) atoms. The van der Waals surface area contributed by atoms with E-state index in [4.69, 9.17) is 4.42 Å². The minimum atomic E-state index is -0.572. The van der Waals surface area contributed by atoms with Gasteiger partial charge >= 0.3 is 11.9 Å². The Morgan fingerprint density at radius 1 is 1.57 bits per heavy atom. The largest absolute Gasteiger partial charge is 0.462 e. The van der Waals surface area contributed by atoms with Crippen LogP contribution in [-0.4, -0.2) is 23.3 Å². The van der Waals surface area contributed by atoms with Crippen LogP contribution in [0.25, 0.3) is 0 Å². The first-order valence-corrected chi connectivity index (χ1v) is 4.70. The van der Waals surface area contributed by atoms with Crippen LogP contribution in [0.15, 0.2) is 4.42 Å². The Labute approximate surface area is 81.5 Å². The van der Waals surface area contributed by atoms with Gasteiger partial charge in [0.1, 0.15) is 0 Å². The second-order valence-electron chi connectivity index (χ2n) is 3.49. The maximum atomic E-state index is 11.0. The number of esters is 1. The van der Waals surface area contributed by atoms with Gasteiger partial charge in [0.05, 0.1) is 7.11 Å². The minimum Gasteiger partial charge on any atom is -0.462 e. The number of ether oxygens (including phenoxy) is 1. The van der Waals surface area contributed by atoms with Crippen molar-refractivity contribution in [1.29, 1.82) is 0 Å². The summed E-state index contributed by atoms with van der Waals surface area (Å²) in [4.78, 5) is 11.0. The molecule has 1 heterocycles. The van der Waals surface area contributed by atoms with Gasteiger partial charge in [-0.3, -0.25) is 0 Å². The Kier molecular flexibility index (Phi) is 2.47. The zero-order valence-electron chi connectivity index (χ0n) is 8.02. The fourth-order valence-corrected chi connectivity index (χ4v) is 1.45. The van der Waals surface area contributed by atoms with Gasteiger partial charge < -0.3 is 9.15 Å². The van der Waals surface area contributed by atoms with Gasteiger partial charge in [0.15, 0.2) is 0 Å². The second kappa shape index (κ2) is 3.77. The van der Waals surface area contributed by atoms with Crippen LogP contribution in [0.4, 0.5) is 0 Å². The molecule has 0 radical (unpaired) electrons. The Hall–Kier alpha value is -1.39. The minimum absolute atomic E-state index is 0.0539. The fraction of sp³-hybridized carbons (Fsp3) is 0.667. The molecule has 1 fully saturated rings. The van der Waals surface area contributed by atoms with E-state index < -0.39 is 5.97 Å². The van der Waals surface area contributed by atoms with E-state index in [2.05, 4.69) is 14.9 Å². The monoisotopic (exact) mass is 196 g/mol. The Morgan fingerprint density at radius 3 is 2.93 bits per heavy atom. The molecular weight excluding hydrogens is 184 g/mol. The molecule has 1 aromatic heterocycles. The van der Waals surface area contributed by atoms with Gasteiger partial charge in [-0.05, 0) is 18.8 Å². The molecule has 76 valence electrons. The SMILES string of the molecule is COC(=O)c1nnc(CC2CCC2)o1. The third-order valence-electron chi connectivity index (χ3n) is 2.51. The molecule has 1 aliphatic rings. The van der Waals surface area contributed by atoms with Crippen LogP contribution >= 0.6 is 0 Å². The van der Waals surface area contributed by atoms with Gasteiger partial charge in [0.2, 0.25) is 5.89 Å². The molecule has 1 aromatic rings. The van der Waals surface area contributed by atoms with E-state index in [1.807, 2.05) is 0 Å². The van der Waals surface area contributed by atoms with E-state index in [1.165, 1.54) is 26.4 Å². The lowest BCUT2D eigenvalue weighted by Gasteiger charge is -2.23. The van der Waals surface area contributed by atoms with Crippen LogP contribution < -0.4 is 0 Å². The Balaban J connectivity index is 1.98. The highest BCUT2D eigenvalue weighted by molar-refractivity contribution is 5.83. The van der Waals surface area contributed by atoms with E-state index in [1.54, 1.807) is 0 Å². The zero-order valence-corrected chi connectivity index (χ0v) is 8.02. The van der Waals surface area contributed by atoms with Crippen LogP contribution in [0.2, 0.25) is 0 Å². The summed E-state index contributed by atoms with van der Waals surface area (Å²) in [5, 5.41) is 7.40. The Morgan fingerprint density at radius 2 is 2.36 bits per heavy atom. The molecule has 0 saturated heterocycles. The summed E-state index contributed by atoms with van der Waals surface area (Å²) >= 11 is 0. The molecule has 2 rings (SSSR count). The summed E-state index contributed by atoms with van der Waals surface area (Å²) in [6.45, 7) is 0. The summed E-state index contributed by atoms with van der Waals surface area (Å²) in [5.74, 6) is 0.565. The van der Waals surface area contributed by atoms with E-state index in [9.17, 15) is 4.79 Å². The normalized spacial score (nSPS) is 16.4. The highest BCUT2D eigenvalue weighted by Gasteiger charge is 2.22. The number of methoxy groups -OCH3 is 1. The summed E-state index contributed by atoms with van der Waals surface area (Å²) in [6, 6.07) is 0. The molecule has 0 aromatic carbocycles. The van der Waals surface area contributed by atoms with Crippen LogP contribution in [0, 0.1) is 5.92 Å². The quantitative estimate of drug-likeness (QED) is 0.679. The van der Waals surface area contributed by atoms with E-state index in [-0.39, 0.29) is 5.89 Å². The average Bonchev–Trinajstić information content (AvgIpc) is 2.58. The first-order chi connectivity index (χ1) is 6.79. The van der Waals surface area contributed by atoms with Gasteiger partial charge in [-0.25, -0.2) is 4.79 Å². The van der Waals surface area contributed by atoms with Crippen LogP contribution in [0.1, 0.15) is 35.8 Å². The van der Waals surface area contributed by atoms with Crippen molar-refractivity contribution in [3.8, 4) is 0 Å². The summed E-state index contributed by atoms with van der Waals surface area (Å²) < 4.78 is 9.61. The number of hydrogen-bond donors (Lipinski definition) is 0. The van der Waals surface area contributed by atoms with E-state index >= 15 is 0 Å². The molecule has 0 atom stereocenters. The smallest absolute Gasteiger partial charge is 0.396 e. The molecule has 0 N–H and O–H groups in total. The number of carbonyl (C=O) groups excluding carboxylic acids is 1. The molecule has 5 nitrogen and oxygen atoms in total. The first kappa shape index (κ1) is 9.18. The van der Waals surface area contributed by atoms with Crippen molar-refractivity contribution in [1.82, 2.24) is 10.2 Å². The van der Waals surface area contributed by atoms with Crippen molar-refractivity contribution in [2.45, 2.75) is 25.7 Å². The third-order valence-corrected chi connectivity index (χ3v) is 2.51. The van der Waals surface area contributed by atoms with E-state index in [0.717, 1.165) is 6.42 Å². The van der Waals surface area contributed by atoms with Crippen molar-refractivity contribution < 1.29 is 13.9 Å². The molecule has 0 unspecified atom stereocenters. The zero-order chi connectivity index (χ0) is 9.97. The van der Waals surface area contributed by atoms with Crippen LogP contribution in [0.3, 0.4) is 0 Å². The van der Waals surface area contributed by atoms with Gasteiger partial charge in [0, 0.05) is 6.42 Å². The lowest BCUT2D eigenvalue weighted by atomic mass is 9.83. The van der Waals surface area contributed by atoms with Gasteiger partial charge in [-0.2, -0.15) is 0 Å². The first-order valence-electron chi connectivity index (χ1n) is 4.70. The molecule has 0 bridgehead atoms. The molecule has 0 aliphatic heterocycles. The van der Waals surface area contributed by atoms with Crippen molar-refractivity contribution >= 4 is 5.97 Å². The van der Waals surface area contributed by atoms with Crippen LogP contribution in [0.5, 0.6) is 0 Å². The molecule has 1 aliphatic carbocycles. The van der Waals surface area contributed by atoms with Gasteiger partial charge in [-0.1, -0.05) is 6.42 Å².